The van der Waals surface area contributed by atoms with Crippen molar-refractivity contribution in [2.75, 3.05) is 12.3 Å². The zero-order valence-electron chi connectivity index (χ0n) is 34.6. The van der Waals surface area contributed by atoms with Crippen molar-refractivity contribution in [3.63, 3.8) is 0 Å². The van der Waals surface area contributed by atoms with E-state index in [1.807, 2.05) is 0 Å². The van der Waals surface area contributed by atoms with E-state index in [9.17, 15) is 19.8 Å². The summed E-state index contributed by atoms with van der Waals surface area (Å²) in [6.45, 7) is -0.522. The second-order valence-corrected chi connectivity index (χ2v) is 16.1. The molecule has 1 saturated heterocycles. The van der Waals surface area contributed by atoms with Crippen molar-refractivity contribution in [3.05, 3.63) is 213 Å². The van der Waals surface area contributed by atoms with E-state index >= 15 is 4.79 Å². The van der Waals surface area contributed by atoms with Gasteiger partial charge >= 0.3 is 23.6 Å². The SMILES string of the molecule is N=c1c2c(-c3cccc(Cl)c3)cc(-c3ccc(N)cc3)nc2n([C@@H]2O[C@H](COC(=O)c3ccccc3)[C@@H](OC(=O)c3ccccc3)[C@H]2OC(=O)c2ccccc2)c(=O)n1-c1cccc(Cl)c1. The molecule has 9 rings (SSSR count). The average molecular weight is 919 g/mol. The number of hydrogen-bond acceptors (Lipinski definition) is 11. The molecule has 1 aliphatic rings. The summed E-state index contributed by atoms with van der Waals surface area (Å²) in [7, 11) is 0. The number of pyridine rings is 1. The van der Waals surface area contributed by atoms with Crippen LogP contribution in [-0.4, -0.2) is 56.9 Å². The van der Waals surface area contributed by atoms with Gasteiger partial charge < -0.3 is 24.7 Å². The van der Waals surface area contributed by atoms with Gasteiger partial charge in [-0.15, -0.1) is 0 Å². The Morgan fingerprint density at radius 2 is 1.21 bits per heavy atom. The van der Waals surface area contributed by atoms with E-state index in [0.717, 1.165) is 9.13 Å². The van der Waals surface area contributed by atoms with E-state index in [-0.39, 0.29) is 43.9 Å². The molecule has 6 aromatic carbocycles. The van der Waals surface area contributed by atoms with Crippen LogP contribution in [0.1, 0.15) is 37.3 Å². The zero-order valence-corrected chi connectivity index (χ0v) is 36.1. The van der Waals surface area contributed by atoms with Gasteiger partial charge in [0.2, 0.25) is 0 Å². The standard InChI is InChI=1S/C51H37Cl2N5O8/c52-35-19-10-18-34(26-35)39-28-40(30-22-24-37(54)25-23-30)56-46-42(39)45(55)57(38-21-11-20-36(53)27-38)51(62)58(46)47-44(66-50(61)33-16-8-3-9-17-33)43(65-49(60)32-14-6-2-7-15-32)41(64-47)29-63-48(59)31-12-4-1-5-13-31/h1-28,41,43-44,47,55H,29,54H2/t41-,43-,44-,47-/m1/s1. The quantitative estimate of drug-likeness (QED) is 0.0723. The molecular weight excluding hydrogens is 881 g/mol. The molecule has 66 heavy (non-hydrogen) atoms. The minimum absolute atomic E-state index is 0.0756. The van der Waals surface area contributed by atoms with Crippen LogP contribution in [-0.2, 0) is 18.9 Å². The Balaban J connectivity index is 1.32. The number of halogens is 2. The lowest BCUT2D eigenvalue weighted by Crippen LogP contribution is -2.46. The topological polar surface area (TPSA) is 178 Å². The van der Waals surface area contributed by atoms with Crippen molar-refractivity contribution >= 4 is 57.8 Å². The van der Waals surface area contributed by atoms with E-state index in [0.29, 0.717) is 33.1 Å². The van der Waals surface area contributed by atoms with Gasteiger partial charge in [-0.2, -0.15) is 0 Å². The Morgan fingerprint density at radius 1 is 0.652 bits per heavy atom. The van der Waals surface area contributed by atoms with Crippen LogP contribution >= 0.6 is 23.2 Å². The van der Waals surface area contributed by atoms with Gasteiger partial charge in [-0.25, -0.2) is 33.3 Å². The molecule has 3 N–H and O–H groups in total. The Hall–Kier alpha value is -7.84. The summed E-state index contributed by atoms with van der Waals surface area (Å²) in [5, 5.41) is 10.6. The van der Waals surface area contributed by atoms with Crippen molar-refractivity contribution in [1.82, 2.24) is 14.1 Å². The van der Waals surface area contributed by atoms with Crippen LogP contribution in [0.5, 0.6) is 0 Å². The summed E-state index contributed by atoms with van der Waals surface area (Å²) in [6.07, 6.45) is -6.14. The smallest absolute Gasteiger partial charge is 0.338 e. The predicted molar refractivity (Wildman–Crippen MR) is 248 cm³/mol. The predicted octanol–water partition coefficient (Wildman–Crippen LogP) is 9.10. The number of nitrogens with one attached hydrogen (secondary N) is 1. The van der Waals surface area contributed by atoms with Gasteiger partial charge in [0.05, 0.1) is 33.5 Å². The van der Waals surface area contributed by atoms with Crippen molar-refractivity contribution < 1.29 is 33.3 Å². The number of anilines is 1. The molecule has 0 aliphatic carbocycles. The second kappa shape index (κ2) is 18.7. The fourth-order valence-electron chi connectivity index (χ4n) is 7.78. The van der Waals surface area contributed by atoms with Crippen LogP contribution in [0.2, 0.25) is 10.0 Å². The maximum Gasteiger partial charge on any atom is 0.338 e. The molecule has 328 valence electrons. The maximum atomic E-state index is 15.6. The number of nitrogen functional groups attached to an aromatic ring is 1. The zero-order chi connectivity index (χ0) is 45.9. The van der Waals surface area contributed by atoms with Gasteiger partial charge in [-0.1, -0.05) is 108 Å². The molecule has 8 aromatic rings. The minimum Gasteiger partial charge on any atom is -0.459 e. The first-order valence-electron chi connectivity index (χ1n) is 20.6. The molecular formula is C51H37Cl2N5O8. The normalized spacial score (nSPS) is 16.7. The average Bonchev–Trinajstić information content (AvgIpc) is 3.66. The molecule has 0 radical (unpaired) electrons. The van der Waals surface area contributed by atoms with E-state index in [1.54, 1.807) is 164 Å². The fourth-order valence-corrected chi connectivity index (χ4v) is 8.15. The van der Waals surface area contributed by atoms with Crippen molar-refractivity contribution in [2.24, 2.45) is 0 Å². The lowest BCUT2D eigenvalue weighted by atomic mass is 9.99. The lowest BCUT2D eigenvalue weighted by Gasteiger charge is -2.26. The van der Waals surface area contributed by atoms with E-state index in [1.165, 1.54) is 6.07 Å². The summed E-state index contributed by atoms with van der Waals surface area (Å²) in [4.78, 5) is 62.3. The largest absolute Gasteiger partial charge is 0.459 e. The number of benzene rings is 6. The van der Waals surface area contributed by atoms with Gasteiger partial charge in [0.15, 0.2) is 24.1 Å². The fraction of sp³-hybridized carbons (Fsp3) is 0.0980. The molecule has 13 nitrogen and oxygen atoms in total. The van der Waals surface area contributed by atoms with Crippen LogP contribution in [0.15, 0.2) is 175 Å². The molecule has 0 bridgehead atoms. The first-order valence-corrected chi connectivity index (χ1v) is 21.3. The number of hydrogen-bond donors (Lipinski definition) is 2. The third-order valence-electron chi connectivity index (χ3n) is 10.9. The Kier molecular flexibility index (Phi) is 12.3. The van der Waals surface area contributed by atoms with Crippen molar-refractivity contribution in [2.45, 2.75) is 24.5 Å². The Morgan fingerprint density at radius 3 is 1.80 bits per heavy atom. The number of nitrogens with zero attached hydrogens (tertiary/aromatic N) is 3. The van der Waals surface area contributed by atoms with Crippen LogP contribution in [0.25, 0.3) is 39.1 Å². The van der Waals surface area contributed by atoms with Gasteiger partial charge in [0.25, 0.3) is 0 Å². The molecule has 0 amide bonds. The summed E-state index contributed by atoms with van der Waals surface area (Å²) >= 11 is 13.1. The first-order chi connectivity index (χ1) is 32.0. The van der Waals surface area contributed by atoms with Crippen molar-refractivity contribution in [1.29, 1.82) is 5.41 Å². The lowest BCUT2D eigenvalue weighted by molar-refractivity contribution is -0.0625. The summed E-state index contributed by atoms with van der Waals surface area (Å²) in [5.74, 6) is -2.37. The van der Waals surface area contributed by atoms with Crippen molar-refractivity contribution in [3.8, 4) is 28.1 Å². The van der Waals surface area contributed by atoms with Crippen LogP contribution in [0.4, 0.5) is 5.69 Å². The minimum atomic E-state index is -1.66. The number of carbonyl (C=O) groups excluding carboxylic acids is 3. The van der Waals surface area contributed by atoms with E-state index < -0.39 is 54.7 Å². The second-order valence-electron chi connectivity index (χ2n) is 15.2. The molecule has 1 aliphatic heterocycles. The number of ether oxygens (including phenoxy) is 4. The van der Waals surface area contributed by atoms with Crippen LogP contribution in [0.3, 0.4) is 0 Å². The van der Waals surface area contributed by atoms with Crippen LogP contribution in [0, 0.1) is 5.41 Å². The number of carbonyl (C=O) groups is 3. The van der Waals surface area contributed by atoms with E-state index in [4.69, 9.17) is 52.9 Å². The molecule has 0 unspecified atom stereocenters. The van der Waals surface area contributed by atoms with E-state index in [2.05, 4.69) is 0 Å². The summed E-state index contributed by atoms with van der Waals surface area (Å²) in [5.41, 5.74) is 8.10. The third-order valence-corrected chi connectivity index (χ3v) is 11.4. The number of fused-ring (bicyclic) bond motifs is 1. The first kappa shape index (κ1) is 43.4. The molecule has 15 heteroatoms. The van der Waals surface area contributed by atoms with Crippen LogP contribution < -0.4 is 16.9 Å². The number of rotatable bonds is 11. The molecule has 3 heterocycles. The summed E-state index contributed by atoms with van der Waals surface area (Å²) in [6, 6.07) is 46.5. The highest BCUT2D eigenvalue weighted by atomic mass is 35.5. The highest BCUT2D eigenvalue weighted by Crippen LogP contribution is 2.38. The van der Waals surface area contributed by atoms with Gasteiger partial charge in [0.1, 0.15) is 18.2 Å². The highest BCUT2D eigenvalue weighted by molar-refractivity contribution is 6.31. The monoisotopic (exact) mass is 917 g/mol. The van der Waals surface area contributed by atoms with Gasteiger partial charge in [-0.05, 0) is 96.1 Å². The molecule has 1 fully saturated rings. The maximum absolute atomic E-state index is 15.6. The Labute approximate surface area is 386 Å². The van der Waals surface area contributed by atoms with Gasteiger partial charge in [0, 0.05) is 21.3 Å². The molecule has 0 saturated carbocycles. The summed E-state index contributed by atoms with van der Waals surface area (Å²) < 4.78 is 27.4. The Bertz CT molecular complexity index is 3240. The highest BCUT2D eigenvalue weighted by Gasteiger charge is 2.52. The number of nitrogens with two attached hydrogens (primary N) is 1. The molecule has 2 aromatic heterocycles. The number of aromatic nitrogens is 3. The van der Waals surface area contributed by atoms with Gasteiger partial charge in [-0.3, -0.25) is 5.41 Å². The molecule has 4 atom stereocenters. The third kappa shape index (κ3) is 8.82. The number of esters is 3. The molecule has 0 spiro atoms.